The van der Waals surface area contributed by atoms with Crippen LogP contribution in [-0.2, 0) is 4.79 Å². The Morgan fingerprint density at radius 2 is 2.00 bits per heavy atom. The maximum atomic E-state index is 9.24. The van der Waals surface area contributed by atoms with Crippen LogP contribution in [0.15, 0.2) is 0 Å². The van der Waals surface area contributed by atoms with E-state index in [1.165, 1.54) is 0 Å². The minimum atomic E-state index is -0.980. The third-order valence-corrected chi connectivity index (χ3v) is 0.343. The molecule has 0 rings (SSSR count). The Bertz CT molecular complexity index is 46.8. The Kier molecular flexibility index (Phi) is 9.23. The first-order chi connectivity index (χ1) is 2.27. The Balaban J connectivity index is 0. The van der Waals surface area contributed by atoms with Gasteiger partial charge >= 0.3 is 32.2 Å². The molecule has 0 aliphatic heterocycles. The molecule has 0 aromatic rings. The van der Waals surface area contributed by atoms with Gasteiger partial charge in [0.2, 0.25) is 0 Å². The molecular formula is C2H6BiClO2. The summed E-state index contributed by atoms with van der Waals surface area (Å²) < 4.78 is 0. The van der Waals surface area contributed by atoms with Gasteiger partial charge < -0.3 is 5.11 Å². The van der Waals surface area contributed by atoms with E-state index < -0.39 is 5.97 Å². The van der Waals surface area contributed by atoms with Crippen LogP contribution in [0.1, 0.15) is 0 Å². The molecule has 0 aliphatic rings. The van der Waals surface area contributed by atoms with Crippen LogP contribution in [-0.4, -0.2) is 43.2 Å². The summed E-state index contributed by atoms with van der Waals surface area (Å²) in [6, 6.07) is 0. The Hall–Kier alpha value is 0.643. The molecule has 1 N–H and O–H groups in total. The fourth-order valence-corrected chi connectivity index (χ4v) is 0. The molecule has 38 valence electrons. The van der Waals surface area contributed by atoms with E-state index in [-0.39, 0.29) is 32.1 Å². The zero-order valence-electron chi connectivity index (χ0n) is 3.15. The quantitative estimate of drug-likeness (QED) is 0.505. The van der Waals surface area contributed by atoms with Crippen LogP contribution in [0.4, 0.5) is 0 Å². The van der Waals surface area contributed by atoms with E-state index in [1.807, 2.05) is 0 Å². The molecule has 0 unspecified atom stereocenters. The first kappa shape index (κ1) is 9.81. The number of carboxylic acids is 1. The summed E-state index contributed by atoms with van der Waals surface area (Å²) in [6.07, 6.45) is 0. The summed E-state index contributed by atoms with van der Waals surface area (Å²) in [7, 11) is 0. The zero-order chi connectivity index (χ0) is 4.28. The molecule has 6 heavy (non-hydrogen) atoms. The number of hydrogen-bond donors (Lipinski definition) is 1. The molecule has 0 heterocycles. The van der Waals surface area contributed by atoms with Gasteiger partial charge in [-0.15, -0.1) is 11.6 Å². The van der Waals surface area contributed by atoms with Crippen molar-refractivity contribution < 1.29 is 9.90 Å². The van der Waals surface area contributed by atoms with Gasteiger partial charge in [-0.2, -0.15) is 0 Å². The number of halogens is 1. The normalized spacial score (nSPS) is 6.17. The average Bonchev–Trinajstić information content (AvgIpc) is 1.38. The van der Waals surface area contributed by atoms with Crippen molar-refractivity contribution in [2.24, 2.45) is 0 Å². The van der Waals surface area contributed by atoms with Crippen LogP contribution >= 0.6 is 11.6 Å². The van der Waals surface area contributed by atoms with Crippen LogP contribution in [0.5, 0.6) is 0 Å². The number of aliphatic carboxylic acids is 1. The molecule has 0 saturated carbocycles. The molecule has 0 aromatic heterocycles. The zero-order valence-corrected chi connectivity index (χ0v) is 9.40. The van der Waals surface area contributed by atoms with Crippen molar-refractivity contribution in [2.45, 2.75) is 0 Å². The Morgan fingerprint density at radius 1 is 1.83 bits per heavy atom. The van der Waals surface area contributed by atoms with E-state index in [2.05, 4.69) is 0 Å². The van der Waals surface area contributed by atoms with Crippen LogP contribution < -0.4 is 0 Å². The van der Waals surface area contributed by atoms with E-state index in [0.29, 0.717) is 0 Å². The van der Waals surface area contributed by atoms with E-state index in [1.54, 1.807) is 0 Å². The van der Waals surface area contributed by atoms with E-state index in [4.69, 9.17) is 16.7 Å². The predicted molar refractivity (Wildman–Crippen MR) is 28.3 cm³/mol. The van der Waals surface area contributed by atoms with Crippen LogP contribution in [0, 0.1) is 0 Å². The molecule has 4 heteroatoms. The van der Waals surface area contributed by atoms with Crippen molar-refractivity contribution in [1.82, 2.24) is 0 Å². The molecule has 0 atom stereocenters. The standard InChI is InChI=1S/C2H3ClO2.Bi.3H/c3-1-2(4)5;;;;/h1H2,(H,4,5);;;;. The Morgan fingerprint density at radius 3 is 2.00 bits per heavy atom. The summed E-state index contributed by atoms with van der Waals surface area (Å²) in [6.45, 7) is 0. The molecular weight excluding hydrogens is 300 g/mol. The van der Waals surface area contributed by atoms with Gasteiger partial charge in [0, 0.05) is 0 Å². The van der Waals surface area contributed by atoms with E-state index in [0.717, 1.165) is 0 Å². The summed E-state index contributed by atoms with van der Waals surface area (Å²) in [5.41, 5.74) is 0. The topological polar surface area (TPSA) is 37.3 Å². The van der Waals surface area contributed by atoms with Crippen LogP contribution in [0.3, 0.4) is 0 Å². The fourth-order valence-electron chi connectivity index (χ4n) is 0. The monoisotopic (exact) mass is 306 g/mol. The second kappa shape index (κ2) is 5.64. The van der Waals surface area contributed by atoms with E-state index in [9.17, 15) is 4.79 Å². The summed E-state index contributed by atoms with van der Waals surface area (Å²) in [5.74, 6) is -1.29. The number of rotatable bonds is 1. The second-order valence-electron chi connectivity index (χ2n) is 0.527. The SMILES string of the molecule is O=C(O)CCl.[BiH3]. The predicted octanol–water partition coefficient (Wildman–Crippen LogP) is -0.874. The molecule has 0 spiro atoms. The van der Waals surface area contributed by atoms with Crippen molar-refractivity contribution >= 4 is 43.8 Å². The van der Waals surface area contributed by atoms with Gasteiger partial charge in [-0.25, -0.2) is 0 Å². The molecule has 0 fully saturated rings. The van der Waals surface area contributed by atoms with Crippen molar-refractivity contribution in [3.8, 4) is 0 Å². The second-order valence-corrected chi connectivity index (χ2v) is 0.795. The van der Waals surface area contributed by atoms with Gasteiger partial charge in [-0.1, -0.05) is 0 Å². The summed E-state index contributed by atoms with van der Waals surface area (Å²) in [4.78, 5) is 9.24. The van der Waals surface area contributed by atoms with Crippen molar-refractivity contribution in [2.75, 3.05) is 5.88 Å². The molecule has 0 saturated heterocycles. The number of hydrogen-bond acceptors (Lipinski definition) is 1. The summed E-state index contributed by atoms with van der Waals surface area (Å²) in [5, 5.41) is 7.59. The van der Waals surface area contributed by atoms with Gasteiger partial charge in [0.1, 0.15) is 5.88 Å². The Labute approximate surface area is 59.6 Å². The first-order valence-corrected chi connectivity index (χ1v) is 1.58. The van der Waals surface area contributed by atoms with Crippen molar-refractivity contribution in [3.05, 3.63) is 0 Å². The molecule has 2 nitrogen and oxygen atoms in total. The van der Waals surface area contributed by atoms with Crippen LogP contribution in [0.25, 0.3) is 0 Å². The molecule has 0 aliphatic carbocycles. The van der Waals surface area contributed by atoms with E-state index >= 15 is 0 Å². The number of carbonyl (C=O) groups is 1. The van der Waals surface area contributed by atoms with Crippen LogP contribution in [0.2, 0.25) is 0 Å². The van der Waals surface area contributed by atoms with Crippen molar-refractivity contribution in [3.63, 3.8) is 0 Å². The minimum absolute atomic E-state index is 0. The number of alkyl halides is 1. The molecule has 0 radical (unpaired) electrons. The van der Waals surface area contributed by atoms with Gasteiger partial charge in [0.15, 0.2) is 0 Å². The first-order valence-electron chi connectivity index (χ1n) is 1.05. The fraction of sp³-hybridized carbons (Fsp3) is 0.500. The van der Waals surface area contributed by atoms with Gasteiger partial charge in [-0.3, -0.25) is 4.79 Å². The van der Waals surface area contributed by atoms with Gasteiger partial charge in [-0.05, 0) is 0 Å². The van der Waals surface area contributed by atoms with Gasteiger partial charge in [0.25, 0.3) is 0 Å². The molecule has 0 amide bonds. The molecule has 0 bridgehead atoms. The summed E-state index contributed by atoms with van der Waals surface area (Å²) >= 11 is 4.74. The molecule has 0 aromatic carbocycles. The number of carboxylic acid groups (broad SMARTS) is 1. The average molecular weight is 307 g/mol. The maximum absolute atomic E-state index is 9.24. The van der Waals surface area contributed by atoms with Gasteiger partial charge in [0.05, 0.1) is 0 Å². The van der Waals surface area contributed by atoms with Crippen molar-refractivity contribution in [1.29, 1.82) is 0 Å². The third kappa shape index (κ3) is 8.82. The third-order valence-electron chi connectivity index (χ3n) is 0.114.